The van der Waals surface area contributed by atoms with E-state index in [1.807, 2.05) is 6.07 Å². The smallest absolute Gasteiger partial charge is 0.128 e. The fourth-order valence-corrected chi connectivity index (χ4v) is 2.80. The molecule has 0 spiro atoms. The first-order valence-electron chi connectivity index (χ1n) is 6.23. The Labute approximate surface area is 127 Å². The van der Waals surface area contributed by atoms with E-state index in [1.165, 1.54) is 6.07 Å². The van der Waals surface area contributed by atoms with Crippen molar-refractivity contribution in [2.75, 3.05) is 32.8 Å². The van der Waals surface area contributed by atoms with Gasteiger partial charge in [0.25, 0.3) is 0 Å². The third-order valence-corrected chi connectivity index (χ3v) is 3.81. The van der Waals surface area contributed by atoms with Crippen LogP contribution >= 0.6 is 28.3 Å². The summed E-state index contributed by atoms with van der Waals surface area (Å²) in [6, 6.07) is 4.95. The van der Waals surface area contributed by atoms with Gasteiger partial charge in [0.05, 0.1) is 0 Å². The van der Waals surface area contributed by atoms with Gasteiger partial charge in [0.15, 0.2) is 0 Å². The van der Waals surface area contributed by atoms with E-state index in [-0.39, 0.29) is 30.9 Å². The van der Waals surface area contributed by atoms with E-state index in [9.17, 15) is 9.50 Å². The maximum atomic E-state index is 14.0. The number of benzene rings is 1. The van der Waals surface area contributed by atoms with Crippen LogP contribution in [-0.2, 0) is 0 Å². The Morgan fingerprint density at radius 1 is 1.37 bits per heavy atom. The molecule has 1 aliphatic rings. The summed E-state index contributed by atoms with van der Waals surface area (Å²) in [6.45, 7) is 3.67. The molecule has 6 heteroatoms. The molecular formula is C13H19BrClFN2O. The highest BCUT2D eigenvalue weighted by Crippen LogP contribution is 2.29. The molecule has 1 aliphatic heterocycles. The lowest BCUT2D eigenvalue weighted by molar-refractivity contribution is 0.138. The summed E-state index contributed by atoms with van der Waals surface area (Å²) >= 11 is 3.38. The SMILES string of the molecule is Cl.OCC[C@@H](c1cc(Br)ccc1F)N1CCNCC1. The van der Waals surface area contributed by atoms with Crippen LogP contribution in [0, 0.1) is 5.82 Å². The van der Waals surface area contributed by atoms with E-state index in [2.05, 4.69) is 26.1 Å². The van der Waals surface area contributed by atoms with Crippen LogP contribution in [0.5, 0.6) is 0 Å². The third kappa shape index (κ3) is 4.39. The van der Waals surface area contributed by atoms with Crippen molar-refractivity contribution in [3.63, 3.8) is 0 Å². The molecule has 108 valence electrons. The van der Waals surface area contributed by atoms with Crippen LogP contribution < -0.4 is 5.32 Å². The Kier molecular flexibility index (Phi) is 7.25. The van der Waals surface area contributed by atoms with Crippen LogP contribution in [0.25, 0.3) is 0 Å². The van der Waals surface area contributed by atoms with Crippen molar-refractivity contribution in [2.45, 2.75) is 12.5 Å². The largest absolute Gasteiger partial charge is 0.396 e. The van der Waals surface area contributed by atoms with Gasteiger partial charge in [0.1, 0.15) is 5.82 Å². The average molecular weight is 354 g/mol. The van der Waals surface area contributed by atoms with Crippen molar-refractivity contribution in [3.05, 3.63) is 34.1 Å². The van der Waals surface area contributed by atoms with Crippen LogP contribution in [0.4, 0.5) is 4.39 Å². The van der Waals surface area contributed by atoms with Crippen molar-refractivity contribution >= 4 is 28.3 Å². The summed E-state index contributed by atoms with van der Waals surface area (Å²) in [4.78, 5) is 2.23. The number of hydrogen-bond acceptors (Lipinski definition) is 3. The zero-order valence-electron chi connectivity index (χ0n) is 10.6. The lowest BCUT2D eigenvalue weighted by Gasteiger charge is -2.35. The van der Waals surface area contributed by atoms with Crippen LogP contribution in [0.3, 0.4) is 0 Å². The van der Waals surface area contributed by atoms with Crippen molar-refractivity contribution in [2.24, 2.45) is 0 Å². The quantitative estimate of drug-likeness (QED) is 0.872. The molecule has 2 N–H and O–H groups in total. The van der Waals surface area contributed by atoms with Crippen LogP contribution in [0.2, 0.25) is 0 Å². The predicted octanol–water partition coefficient (Wildman–Crippen LogP) is 2.34. The van der Waals surface area contributed by atoms with Gasteiger partial charge in [-0.15, -0.1) is 12.4 Å². The molecule has 2 rings (SSSR count). The van der Waals surface area contributed by atoms with Crippen LogP contribution in [0.15, 0.2) is 22.7 Å². The Bertz CT molecular complexity index is 402. The Balaban J connectivity index is 0.00000180. The fourth-order valence-electron chi connectivity index (χ4n) is 2.42. The predicted molar refractivity (Wildman–Crippen MR) is 80.2 cm³/mol. The summed E-state index contributed by atoms with van der Waals surface area (Å²) in [5.41, 5.74) is 0.667. The zero-order chi connectivity index (χ0) is 13.0. The monoisotopic (exact) mass is 352 g/mol. The maximum Gasteiger partial charge on any atom is 0.128 e. The number of halogens is 3. The second-order valence-corrected chi connectivity index (χ2v) is 5.40. The summed E-state index contributed by atoms with van der Waals surface area (Å²) < 4.78 is 14.8. The van der Waals surface area contributed by atoms with E-state index in [0.29, 0.717) is 12.0 Å². The van der Waals surface area contributed by atoms with Gasteiger partial charge in [0.2, 0.25) is 0 Å². The third-order valence-electron chi connectivity index (χ3n) is 3.31. The molecule has 1 aromatic carbocycles. The summed E-state index contributed by atoms with van der Waals surface area (Å²) in [7, 11) is 0. The Morgan fingerprint density at radius 3 is 2.68 bits per heavy atom. The number of nitrogens with zero attached hydrogens (tertiary/aromatic N) is 1. The highest BCUT2D eigenvalue weighted by Gasteiger charge is 2.24. The van der Waals surface area contributed by atoms with Gasteiger partial charge in [-0.2, -0.15) is 0 Å². The van der Waals surface area contributed by atoms with Gasteiger partial charge in [-0.05, 0) is 24.6 Å². The van der Waals surface area contributed by atoms with Crippen molar-refractivity contribution in [3.8, 4) is 0 Å². The summed E-state index contributed by atoms with van der Waals surface area (Å²) in [5, 5.41) is 12.5. The molecule has 0 aromatic heterocycles. The van der Waals surface area contributed by atoms with Crippen molar-refractivity contribution < 1.29 is 9.50 Å². The van der Waals surface area contributed by atoms with Gasteiger partial charge in [0, 0.05) is 48.9 Å². The molecule has 0 bridgehead atoms. The number of aliphatic hydroxyl groups excluding tert-OH is 1. The second kappa shape index (κ2) is 8.17. The fraction of sp³-hybridized carbons (Fsp3) is 0.538. The average Bonchev–Trinajstić information content (AvgIpc) is 2.40. The lowest BCUT2D eigenvalue weighted by atomic mass is 10.0. The van der Waals surface area contributed by atoms with Crippen molar-refractivity contribution in [1.29, 1.82) is 0 Å². The van der Waals surface area contributed by atoms with Crippen molar-refractivity contribution in [1.82, 2.24) is 10.2 Å². The molecule has 1 heterocycles. The Morgan fingerprint density at radius 2 is 2.05 bits per heavy atom. The minimum Gasteiger partial charge on any atom is -0.396 e. The number of piperazine rings is 1. The van der Waals surface area contributed by atoms with Gasteiger partial charge in [-0.3, -0.25) is 4.90 Å². The first kappa shape index (κ1) is 16.9. The molecule has 1 aromatic rings. The van der Waals surface area contributed by atoms with Gasteiger partial charge < -0.3 is 10.4 Å². The molecule has 19 heavy (non-hydrogen) atoms. The van der Waals surface area contributed by atoms with E-state index < -0.39 is 0 Å². The standard InChI is InChI=1S/C13H18BrFN2O.ClH/c14-10-1-2-12(15)11(9-10)13(3-8-18)17-6-4-16-5-7-17;/h1-2,9,13,16,18H,3-8H2;1H/t13-;/m0./s1. The normalized spacial score (nSPS) is 17.8. The lowest BCUT2D eigenvalue weighted by Crippen LogP contribution is -2.45. The minimum absolute atomic E-state index is 0. The maximum absolute atomic E-state index is 14.0. The molecule has 0 saturated carbocycles. The summed E-state index contributed by atoms with van der Waals surface area (Å²) in [6.07, 6.45) is 0.563. The topological polar surface area (TPSA) is 35.5 Å². The minimum atomic E-state index is -0.199. The number of aliphatic hydroxyl groups is 1. The molecule has 0 amide bonds. The molecular weight excluding hydrogens is 335 g/mol. The van der Waals surface area contributed by atoms with E-state index in [4.69, 9.17) is 0 Å². The van der Waals surface area contributed by atoms with Gasteiger partial charge >= 0.3 is 0 Å². The molecule has 1 saturated heterocycles. The van der Waals surface area contributed by atoms with Crippen LogP contribution in [0.1, 0.15) is 18.0 Å². The van der Waals surface area contributed by atoms with Gasteiger partial charge in [-0.1, -0.05) is 15.9 Å². The molecule has 0 aliphatic carbocycles. The van der Waals surface area contributed by atoms with E-state index in [0.717, 1.165) is 30.7 Å². The molecule has 3 nitrogen and oxygen atoms in total. The second-order valence-electron chi connectivity index (χ2n) is 4.48. The number of nitrogens with one attached hydrogen (secondary N) is 1. The highest BCUT2D eigenvalue weighted by atomic mass is 79.9. The summed E-state index contributed by atoms with van der Waals surface area (Å²) in [5.74, 6) is -0.199. The van der Waals surface area contributed by atoms with Crippen LogP contribution in [-0.4, -0.2) is 42.8 Å². The molecule has 0 radical (unpaired) electrons. The zero-order valence-corrected chi connectivity index (χ0v) is 13.0. The van der Waals surface area contributed by atoms with Gasteiger partial charge in [-0.25, -0.2) is 4.39 Å². The Hall–Kier alpha value is -0.200. The molecule has 1 fully saturated rings. The molecule has 0 unspecified atom stereocenters. The first-order valence-corrected chi connectivity index (χ1v) is 7.02. The van der Waals surface area contributed by atoms with E-state index in [1.54, 1.807) is 6.07 Å². The number of rotatable bonds is 4. The number of hydrogen-bond donors (Lipinski definition) is 2. The molecule has 1 atom stereocenters. The highest BCUT2D eigenvalue weighted by molar-refractivity contribution is 9.10. The van der Waals surface area contributed by atoms with E-state index >= 15 is 0 Å². The first-order chi connectivity index (χ1) is 8.72.